The monoisotopic (exact) mass is 437 g/mol. The summed E-state index contributed by atoms with van der Waals surface area (Å²) in [6.45, 7) is 3.61. The van der Waals surface area contributed by atoms with Gasteiger partial charge in [-0.3, -0.25) is 9.69 Å². The lowest BCUT2D eigenvalue weighted by Gasteiger charge is -2.50. The van der Waals surface area contributed by atoms with Crippen molar-refractivity contribution in [1.82, 2.24) is 15.1 Å². The molecule has 2 heterocycles. The van der Waals surface area contributed by atoms with Crippen molar-refractivity contribution in [3.8, 4) is 0 Å². The van der Waals surface area contributed by atoms with Crippen molar-refractivity contribution in [1.29, 1.82) is 0 Å². The number of halogens is 2. The second kappa shape index (κ2) is 11.0. The first-order chi connectivity index (χ1) is 13.3. The molecule has 0 bridgehead atoms. The summed E-state index contributed by atoms with van der Waals surface area (Å²) < 4.78 is 0. The molecule has 158 valence electrons. The van der Waals surface area contributed by atoms with E-state index in [1.807, 2.05) is 0 Å². The summed E-state index contributed by atoms with van der Waals surface area (Å²) in [6.07, 6.45) is 0. The number of amides is 1. The van der Waals surface area contributed by atoms with Gasteiger partial charge in [0.2, 0.25) is 5.91 Å². The predicted molar refractivity (Wildman–Crippen MR) is 120 cm³/mol. The molecule has 0 aromatic heterocycles. The summed E-state index contributed by atoms with van der Waals surface area (Å²) in [5.74, 6) is 0.113. The molecule has 2 unspecified atom stereocenters. The van der Waals surface area contributed by atoms with Crippen molar-refractivity contribution in [3.05, 3.63) is 71.8 Å². The molecule has 2 aliphatic rings. The van der Waals surface area contributed by atoms with Crippen LogP contribution in [0.4, 0.5) is 0 Å². The summed E-state index contributed by atoms with van der Waals surface area (Å²) in [5, 5.41) is 12.8. The van der Waals surface area contributed by atoms with E-state index in [9.17, 15) is 9.90 Å². The molecule has 0 aliphatic carbocycles. The molecule has 2 N–H and O–H groups in total. The third-order valence-electron chi connectivity index (χ3n) is 5.88. The molecule has 2 saturated heterocycles. The zero-order valence-corrected chi connectivity index (χ0v) is 17.9. The number of aliphatic hydroxyl groups excluding tert-OH is 1. The number of piperazine rings is 2. The van der Waals surface area contributed by atoms with Crippen LogP contribution >= 0.6 is 24.8 Å². The number of hydrogen-bond acceptors (Lipinski definition) is 4. The van der Waals surface area contributed by atoms with Crippen LogP contribution < -0.4 is 5.32 Å². The number of rotatable bonds is 4. The Morgan fingerprint density at radius 3 is 2.10 bits per heavy atom. The Labute approximate surface area is 184 Å². The summed E-state index contributed by atoms with van der Waals surface area (Å²) in [5.41, 5.74) is 2.65. The molecule has 2 fully saturated rings. The van der Waals surface area contributed by atoms with Gasteiger partial charge in [0, 0.05) is 50.7 Å². The fourth-order valence-corrected chi connectivity index (χ4v) is 4.60. The van der Waals surface area contributed by atoms with Gasteiger partial charge in [-0.25, -0.2) is 0 Å². The minimum absolute atomic E-state index is 0. The second-order valence-corrected chi connectivity index (χ2v) is 7.41. The smallest absolute Gasteiger partial charge is 0.248 e. The van der Waals surface area contributed by atoms with E-state index in [2.05, 4.69) is 70.9 Å². The molecule has 0 spiro atoms. The highest BCUT2D eigenvalue weighted by molar-refractivity contribution is 5.85. The average molecular weight is 438 g/mol. The average Bonchev–Trinajstić information content (AvgIpc) is 2.74. The molecular formula is C22H29Cl2N3O2. The van der Waals surface area contributed by atoms with Gasteiger partial charge in [-0.15, -0.1) is 24.8 Å². The minimum atomic E-state index is -0.403. The van der Waals surface area contributed by atoms with Crippen LogP contribution in [-0.2, 0) is 4.79 Å². The Morgan fingerprint density at radius 1 is 0.966 bits per heavy atom. The third kappa shape index (κ3) is 5.11. The number of fused-ring (bicyclic) bond motifs is 1. The molecule has 29 heavy (non-hydrogen) atoms. The standard InChI is InChI=1S/C22H27N3O2.2ClH/c26-16-21(27)24-11-12-25-19(15-24)13-23-14-20(25)22(17-7-3-1-4-8-17)18-9-5-2-6-10-18;;/h1-10,19-20,22-23,26H,11-16H2;2*1H. The van der Waals surface area contributed by atoms with Crippen LogP contribution in [0.5, 0.6) is 0 Å². The van der Waals surface area contributed by atoms with Gasteiger partial charge in [0.25, 0.3) is 0 Å². The lowest BCUT2D eigenvalue weighted by molar-refractivity contribution is -0.138. The molecular weight excluding hydrogens is 409 g/mol. The SMILES string of the molecule is Cl.Cl.O=C(CO)N1CCN2C(CNCC2C(c2ccccc2)c2ccccc2)C1. The Morgan fingerprint density at radius 2 is 1.55 bits per heavy atom. The summed E-state index contributed by atoms with van der Waals surface area (Å²) in [4.78, 5) is 16.3. The van der Waals surface area contributed by atoms with Crippen LogP contribution in [0.25, 0.3) is 0 Å². The van der Waals surface area contributed by atoms with Crippen LogP contribution in [-0.4, -0.2) is 72.2 Å². The van der Waals surface area contributed by atoms with Gasteiger partial charge in [0.1, 0.15) is 6.61 Å². The van der Waals surface area contributed by atoms with E-state index in [0.29, 0.717) is 19.1 Å². The quantitative estimate of drug-likeness (QED) is 0.768. The van der Waals surface area contributed by atoms with Crippen LogP contribution in [0.2, 0.25) is 0 Å². The van der Waals surface area contributed by atoms with Crippen LogP contribution in [0.3, 0.4) is 0 Å². The maximum atomic E-state index is 11.9. The molecule has 7 heteroatoms. The fourth-order valence-electron chi connectivity index (χ4n) is 4.60. The molecule has 0 radical (unpaired) electrons. The van der Waals surface area contributed by atoms with Gasteiger partial charge in [0.05, 0.1) is 0 Å². The Hall–Kier alpha value is -1.63. The van der Waals surface area contributed by atoms with E-state index in [4.69, 9.17) is 0 Å². The highest BCUT2D eigenvalue weighted by Crippen LogP contribution is 2.33. The zero-order valence-electron chi connectivity index (χ0n) is 16.3. The van der Waals surface area contributed by atoms with Crippen molar-refractivity contribution >= 4 is 30.7 Å². The highest BCUT2D eigenvalue weighted by Gasteiger charge is 2.40. The van der Waals surface area contributed by atoms with Crippen molar-refractivity contribution in [2.45, 2.75) is 18.0 Å². The first-order valence-corrected chi connectivity index (χ1v) is 9.73. The molecule has 2 aliphatic heterocycles. The normalized spacial score (nSPS) is 21.7. The predicted octanol–water partition coefficient (Wildman–Crippen LogP) is 2.14. The van der Waals surface area contributed by atoms with Crippen molar-refractivity contribution in [2.24, 2.45) is 0 Å². The van der Waals surface area contributed by atoms with Gasteiger partial charge in [-0.05, 0) is 11.1 Å². The van der Waals surface area contributed by atoms with E-state index in [1.54, 1.807) is 4.90 Å². The number of carbonyl (C=O) groups excluding carboxylic acids is 1. The number of hydrogen-bond donors (Lipinski definition) is 2. The Kier molecular flexibility index (Phi) is 8.93. The largest absolute Gasteiger partial charge is 0.387 e. The van der Waals surface area contributed by atoms with E-state index in [-0.39, 0.29) is 42.7 Å². The molecule has 5 nitrogen and oxygen atoms in total. The summed E-state index contributed by atoms with van der Waals surface area (Å²) in [6, 6.07) is 22.0. The molecule has 1 amide bonds. The number of benzene rings is 2. The third-order valence-corrected chi connectivity index (χ3v) is 5.88. The molecule has 2 aromatic rings. The van der Waals surface area contributed by atoms with Gasteiger partial charge in [-0.2, -0.15) is 0 Å². The lowest BCUT2D eigenvalue weighted by atomic mass is 9.82. The lowest BCUT2D eigenvalue weighted by Crippen LogP contribution is -2.67. The second-order valence-electron chi connectivity index (χ2n) is 7.41. The van der Waals surface area contributed by atoms with Crippen LogP contribution in [0.1, 0.15) is 17.0 Å². The van der Waals surface area contributed by atoms with Crippen molar-refractivity contribution in [2.75, 3.05) is 39.3 Å². The van der Waals surface area contributed by atoms with Gasteiger partial charge < -0.3 is 15.3 Å². The topological polar surface area (TPSA) is 55.8 Å². The summed E-state index contributed by atoms with van der Waals surface area (Å²) in [7, 11) is 0. The van der Waals surface area contributed by atoms with Crippen molar-refractivity contribution < 1.29 is 9.90 Å². The maximum absolute atomic E-state index is 11.9. The number of nitrogens with one attached hydrogen (secondary N) is 1. The Balaban J connectivity index is 0.00000150. The van der Waals surface area contributed by atoms with E-state index in [0.717, 1.165) is 19.6 Å². The van der Waals surface area contributed by atoms with E-state index in [1.165, 1.54) is 11.1 Å². The number of aliphatic hydroxyl groups is 1. The first-order valence-electron chi connectivity index (χ1n) is 9.73. The number of carbonyl (C=O) groups is 1. The highest BCUT2D eigenvalue weighted by atomic mass is 35.5. The minimum Gasteiger partial charge on any atom is -0.387 e. The fraction of sp³-hybridized carbons (Fsp3) is 0.409. The molecule has 0 saturated carbocycles. The van der Waals surface area contributed by atoms with E-state index >= 15 is 0 Å². The van der Waals surface area contributed by atoms with Crippen LogP contribution in [0, 0.1) is 0 Å². The van der Waals surface area contributed by atoms with E-state index < -0.39 is 6.61 Å². The summed E-state index contributed by atoms with van der Waals surface area (Å²) >= 11 is 0. The van der Waals surface area contributed by atoms with Crippen LogP contribution in [0.15, 0.2) is 60.7 Å². The zero-order chi connectivity index (χ0) is 18.6. The van der Waals surface area contributed by atoms with Gasteiger partial charge in [0.15, 0.2) is 0 Å². The van der Waals surface area contributed by atoms with Gasteiger partial charge in [-0.1, -0.05) is 60.7 Å². The maximum Gasteiger partial charge on any atom is 0.248 e. The van der Waals surface area contributed by atoms with Gasteiger partial charge >= 0.3 is 0 Å². The molecule has 2 atom stereocenters. The van der Waals surface area contributed by atoms with Crippen molar-refractivity contribution in [3.63, 3.8) is 0 Å². The molecule has 2 aromatic carbocycles. The number of nitrogens with zero attached hydrogens (tertiary/aromatic N) is 2. The Bertz CT molecular complexity index is 724. The molecule has 4 rings (SSSR count). The first kappa shape index (κ1) is 23.6.